The molecule has 0 aliphatic carbocycles. The molecule has 1 N–H and O–H groups in total. The number of hydrogen-bond acceptors (Lipinski definition) is 5. The number of rotatable bonds is 7. The fraction of sp³-hybridized carbons (Fsp3) is 0.125. The molecule has 0 unspecified atom stereocenters. The van der Waals surface area contributed by atoms with Crippen molar-refractivity contribution < 1.29 is 19.1 Å². The molecule has 0 saturated carbocycles. The molecule has 0 fully saturated rings. The normalized spacial score (nSPS) is 10.6. The number of esters is 1. The highest BCUT2D eigenvalue weighted by Crippen LogP contribution is 2.22. The van der Waals surface area contributed by atoms with E-state index in [1.54, 1.807) is 48.5 Å². The van der Waals surface area contributed by atoms with Crippen molar-refractivity contribution in [2.45, 2.75) is 13.8 Å². The lowest BCUT2D eigenvalue weighted by Gasteiger charge is -2.10. The van der Waals surface area contributed by atoms with E-state index >= 15 is 0 Å². The molecule has 0 atom stereocenters. The quantitative estimate of drug-likeness (QED) is 0.280. The summed E-state index contributed by atoms with van der Waals surface area (Å²) in [6.07, 6.45) is 1.47. The van der Waals surface area contributed by atoms with E-state index in [1.807, 2.05) is 38.1 Å². The van der Waals surface area contributed by atoms with Gasteiger partial charge in [-0.1, -0.05) is 48.5 Å². The molecule has 30 heavy (non-hydrogen) atoms. The largest absolute Gasteiger partial charge is 0.483 e. The van der Waals surface area contributed by atoms with Crippen LogP contribution in [0.4, 0.5) is 0 Å². The van der Waals surface area contributed by atoms with Gasteiger partial charge < -0.3 is 9.47 Å². The first-order chi connectivity index (χ1) is 14.5. The Hall–Kier alpha value is -3.93. The first-order valence-corrected chi connectivity index (χ1v) is 9.41. The zero-order valence-corrected chi connectivity index (χ0v) is 16.8. The van der Waals surface area contributed by atoms with E-state index in [4.69, 9.17) is 9.47 Å². The van der Waals surface area contributed by atoms with E-state index in [9.17, 15) is 9.59 Å². The Bertz CT molecular complexity index is 1040. The Morgan fingerprint density at radius 1 is 0.933 bits per heavy atom. The van der Waals surface area contributed by atoms with Crippen LogP contribution in [-0.4, -0.2) is 24.7 Å². The average molecular weight is 402 g/mol. The third kappa shape index (κ3) is 5.78. The highest BCUT2D eigenvalue weighted by Gasteiger charge is 2.08. The van der Waals surface area contributed by atoms with Crippen molar-refractivity contribution in [1.29, 1.82) is 0 Å². The molecule has 0 heterocycles. The second-order valence-electron chi connectivity index (χ2n) is 6.63. The van der Waals surface area contributed by atoms with Gasteiger partial charge in [0.05, 0.1) is 11.8 Å². The molecule has 6 nitrogen and oxygen atoms in total. The van der Waals surface area contributed by atoms with Crippen molar-refractivity contribution in [3.05, 3.63) is 95.1 Å². The fourth-order valence-corrected chi connectivity index (χ4v) is 2.77. The van der Waals surface area contributed by atoms with Crippen molar-refractivity contribution in [2.24, 2.45) is 5.10 Å². The Morgan fingerprint density at radius 2 is 1.63 bits per heavy atom. The van der Waals surface area contributed by atoms with Crippen LogP contribution in [0.2, 0.25) is 0 Å². The second kappa shape index (κ2) is 10.0. The molecule has 6 heteroatoms. The van der Waals surface area contributed by atoms with Gasteiger partial charge in [0.2, 0.25) is 0 Å². The smallest absolute Gasteiger partial charge is 0.343 e. The van der Waals surface area contributed by atoms with Gasteiger partial charge in [-0.15, -0.1) is 0 Å². The maximum Gasteiger partial charge on any atom is 0.343 e. The molecule has 152 valence electrons. The topological polar surface area (TPSA) is 77.0 Å². The lowest BCUT2D eigenvalue weighted by molar-refractivity contribution is -0.123. The Balaban J connectivity index is 1.53. The number of carbonyl (C=O) groups excluding carboxylic acids is 2. The van der Waals surface area contributed by atoms with E-state index < -0.39 is 5.97 Å². The fourth-order valence-electron chi connectivity index (χ4n) is 2.77. The lowest BCUT2D eigenvalue weighted by atomic mass is 10.1. The van der Waals surface area contributed by atoms with Gasteiger partial charge in [0, 0.05) is 0 Å². The molecule has 3 aromatic carbocycles. The number of hydrazone groups is 1. The van der Waals surface area contributed by atoms with Gasteiger partial charge in [-0.2, -0.15) is 5.10 Å². The first-order valence-electron chi connectivity index (χ1n) is 9.41. The Kier molecular flexibility index (Phi) is 6.95. The number of ether oxygens (including phenoxy) is 2. The van der Waals surface area contributed by atoms with Gasteiger partial charge in [-0.3, -0.25) is 4.79 Å². The number of hydrogen-bond donors (Lipinski definition) is 1. The second-order valence-corrected chi connectivity index (χ2v) is 6.63. The standard InChI is InChI=1S/C24H22N2O4/c1-17-8-6-9-18(2)23(17)29-16-22(27)26-25-15-19-10-7-13-21(14-19)30-24(28)20-11-4-3-5-12-20/h3-15H,16H2,1-2H3,(H,26,27). The van der Waals surface area contributed by atoms with E-state index in [0.29, 0.717) is 22.6 Å². The molecule has 0 aromatic heterocycles. The van der Waals surface area contributed by atoms with Crippen LogP contribution in [0.1, 0.15) is 27.0 Å². The number of benzene rings is 3. The number of aryl methyl sites for hydroxylation is 2. The van der Waals surface area contributed by atoms with Crippen molar-refractivity contribution in [2.75, 3.05) is 6.61 Å². The van der Waals surface area contributed by atoms with Crippen LogP contribution in [0.15, 0.2) is 77.9 Å². The van der Waals surface area contributed by atoms with Gasteiger partial charge in [0.25, 0.3) is 5.91 Å². The number of para-hydroxylation sites is 1. The van der Waals surface area contributed by atoms with Crippen LogP contribution in [0.3, 0.4) is 0 Å². The highest BCUT2D eigenvalue weighted by molar-refractivity contribution is 5.91. The van der Waals surface area contributed by atoms with Crippen LogP contribution < -0.4 is 14.9 Å². The molecule has 0 saturated heterocycles. The summed E-state index contributed by atoms with van der Waals surface area (Å²) in [5, 5.41) is 3.93. The summed E-state index contributed by atoms with van der Waals surface area (Å²) in [6.45, 7) is 3.71. The number of nitrogens with zero attached hydrogens (tertiary/aromatic N) is 1. The minimum Gasteiger partial charge on any atom is -0.483 e. The van der Waals surface area contributed by atoms with E-state index in [2.05, 4.69) is 10.5 Å². The molecule has 3 rings (SSSR count). The van der Waals surface area contributed by atoms with E-state index in [1.165, 1.54) is 6.21 Å². The summed E-state index contributed by atoms with van der Waals surface area (Å²) < 4.78 is 11.0. The summed E-state index contributed by atoms with van der Waals surface area (Å²) in [5.41, 5.74) is 5.49. The monoisotopic (exact) mass is 402 g/mol. The molecule has 0 aliphatic rings. The van der Waals surface area contributed by atoms with Gasteiger partial charge in [-0.25, -0.2) is 10.2 Å². The molecule has 0 bridgehead atoms. The van der Waals surface area contributed by atoms with Crippen LogP contribution >= 0.6 is 0 Å². The number of carbonyl (C=O) groups is 2. The lowest BCUT2D eigenvalue weighted by Crippen LogP contribution is -2.25. The molecule has 0 radical (unpaired) electrons. The van der Waals surface area contributed by atoms with Crippen LogP contribution in [0, 0.1) is 13.8 Å². The zero-order chi connectivity index (χ0) is 21.3. The van der Waals surface area contributed by atoms with Crippen molar-refractivity contribution in [3.8, 4) is 11.5 Å². The van der Waals surface area contributed by atoms with Gasteiger partial charge in [-0.05, 0) is 54.8 Å². The average Bonchev–Trinajstić information content (AvgIpc) is 2.74. The third-order valence-corrected chi connectivity index (χ3v) is 4.24. The maximum atomic E-state index is 12.1. The SMILES string of the molecule is Cc1cccc(C)c1OCC(=O)NN=Cc1cccc(OC(=O)c2ccccc2)c1. The van der Waals surface area contributed by atoms with Crippen LogP contribution in [0.25, 0.3) is 0 Å². The predicted octanol–water partition coefficient (Wildman–Crippen LogP) is 4.05. The molecular formula is C24H22N2O4. The van der Waals surface area contributed by atoms with Crippen LogP contribution in [0.5, 0.6) is 11.5 Å². The molecule has 0 spiro atoms. The molecule has 1 amide bonds. The zero-order valence-electron chi connectivity index (χ0n) is 16.8. The van der Waals surface area contributed by atoms with E-state index in [-0.39, 0.29) is 12.5 Å². The highest BCUT2D eigenvalue weighted by atomic mass is 16.5. The van der Waals surface area contributed by atoms with Gasteiger partial charge >= 0.3 is 5.97 Å². The summed E-state index contributed by atoms with van der Waals surface area (Å²) >= 11 is 0. The molecule has 0 aliphatic heterocycles. The molecule has 3 aromatic rings. The van der Waals surface area contributed by atoms with Crippen LogP contribution in [-0.2, 0) is 4.79 Å². The number of nitrogens with one attached hydrogen (secondary N) is 1. The Morgan fingerprint density at radius 3 is 2.37 bits per heavy atom. The summed E-state index contributed by atoms with van der Waals surface area (Å²) in [6, 6.07) is 21.4. The minimum atomic E-state index is -0.443. The summed E-state index contributed by atoms with van der Waals surface area (Å²) in [4.78, 5) is 24.1. The number of amides is 1. The summed E-state index contributed by atoms with van der Waals surface area (Å²) in [7, 11) is 0. The third-order valence-electron chi connectivity index (χ3n) is 4.24. The first kappa shape index (κ1) is 20.8. The minimum absolute atomic E-state index is 0.141. The van der Waals surface area contributed by atoms with Gasteiger partial charge in [0.1, 0.15) is 11.5 Å². The van der Waals surface area contributed by atoms with Gasteiger partial charge in [0.15, 0.2) is 6.61 Å². The predicted molar refractivity (Wildman–Crippen MR) is 115 cm³/mol. The maximum absolute atomic E-state index is 12.1. The summed E-state index contributed by atoms with van der Waals surface area (Å²) in [5.74, 6) is 0.268. The van der Waals surface area contributed by atoms with Crippen molar-refractivity contribution in [1.82, 2.24) is 5.43 Å². The van der Waals surface area contributed by atoms with E-state index in [0.717, 1.165) is 11.1 Å². The van der Waals surface area contributed by atoms with Crippen molar-refractivity contribution in [3.63, 3.8) is 0 Å². The molecular weight excluding hydrogens is 380 g/mol. The van der Waals surface area contributed by atoms with Crippen molar-refractivity contribution >= 4 is 18.1 Å². The Labute approximate surface area is 175 Å².